The van der Waals surface area contributed by atoms with Gasteiger partial charge >= 0.3 is 0 Å². The van der Waals surface area contributed by atoms with Crippen LogP contribution in [0.25, 0.3) is 10.9 Å². The second-order valence-corrected chi connectivity index (χ2v) is 7.07. The van der Waals surface area contributed by atoms with Gasteiger partial charge in [0.15, 0.2) is 5.69 Å². The van der Waals surface area contributed by atoms with E-state index in [9.17, 15) is 9.90 Å². The van der Waals surface area contributed by atoms with E-state index in [4.69, 9.17) is 9.90 Å². The standard InChI is InChI=1S/C15H17BrN4O2.CH2O2/c16-9-1-2-10-12(14(9)21)13(19-18-10)15(22)17-11-7-20-5-3-8(11)4-6-20;2-1-3/h1-2,8,11,21H,3-7H2,(H,17,22)(H,18,19);1H,(H,2,3)/t11-;/m1./s1. The minimum atomic E-state index is -0.250. The van der Waals surface area contributed by atoms with Gasteiger partial charge < -0.3 is 20.4 Å². The zero-order valence-corrected chi connectivity index (χ0v) is 15.0. The molecular formula is C16H19BrN4O4. The number of piperidine rings is 3. The summed E-state index contributed by atoms with van der Waals surface area (Å²) in [6.45, 7) is 2.93. The van der Waals surface area contributed by atoms with E-state index in [1.807, 2.05) is 0 Å². The van der Waals surface area contributed by atoms with E-state index >= 15 is 0 Å². The lowest BCUT2D eigenvalue weighted by Gasteiger charge is -2.44. The highest BCUT2D eigenvalue weighted by Crippen LogP contribution is 2.34. The van der Waals surface area contributed by atoms with E-state index in [1.54, 1.807) is 12.1 Å². The number of phenols is 1. The smallest absolute Gasteiger partial charge is 0.290 e. The van der Waals surface area contributed by atoms with Crippen LogP contribution in [0.1, 0.15) is 23.3 Å². The van der Waals surface area contributed by atoms with Gasteiger partial charge in [0.2, 0.25) is 0 Å². The van der Waals surface area contributed by atoms with Gasteiger partial charge in [-0.1, -0.05) is 0 Å². The van der Waals surface area contributed by atoms with Crippen molar-refractivity contribution >= 4 is 39.2 Å². The van der Waals surface area contributed by atoms with Crippen LogP contribution in [0.15, 0.2) is 16.6 Å². The maximum atomic E-state index is 12.6. The molecule has 3 aliphatic heterocycles. The van der Waals surface area contributed by atoms with Crippen LogP contribution < -0.4 is 5.32 Å². The van der Waals surface area contributed by atoms with E-state index in [0.717, 1.165) is 32.5 Å². The molecule has 0 unspecified atom stereocenters. The van der Waals surface area contributed by atoms with Gasteiger partial charge in [0.1, 0.15) is 5.75 Å². The van der Waals surface area contributed by atoms with Crippen molar-refractivity contribution in [1.29, 1.82) is 0 Å². The van der Waals surface area contributed by atoms with Crippen LogP contribution in [0.5, 0.6) is 5.75 Å². The molecule has 3 aliphatic rings. The number of carbonyl (C=O) groups is 2. The number of amides is 1. The Hall–Kier alpha value is -2.13. The molecule has 134 valence electrons. The van der Waals surface area contributed by atoms with Crippen LogP contribution in [-0.4, -0.2) is 63.4 Å². The molecule has 8 nitrogen and oxygen atoms in total. The molecule has 0 spiro atoms. The van der Waals surface area contributed by atoms with Gasteiger partial charge in [-0.05, 0) is 59.9 Å². The number of carbonyl (C=O) groups excluding carboxylic acids is 1. The van der Waals surface area contributed by atoms with Gasteiger partial charge in [-0.3, -0.25) is 14.7 Å². The fourth-order valence-electron chi connectivity index (χ4n) is 3.60. The molecule has 3 fully saturated rings. The van der Waals surface area contributed by atoms with Crippen molar-refractivity contribution in [2.24, 2.45) is 5.92 Å². The lowest BCUT2D eigenvalue weighted by molar-refractivity contribution is -0.122. The van der Waals surface area contributed by atoms with Crippen molar-refractivity contribution in [1.82, 2.24) is 20.4 Å². The zero-order chi connectivity index (χ0) is 18.0. The van der Waals surface area contributed by atoms with E-state index in [2.05, 4.69) is 36.3 Å². The fraction of sp³-hybridized carbons (Fsp3) is 0.438. The Morgan fingerprint density at radius 1 is 1.40 bits per heavy atom. The predicted octanol–water partition coefficient (Wildman–Crippen LogP) is 1.56. The number of benzene rings is 1. The summed E-state index contributed by atoms with van der Waals surface area (Å²) in [4.78, 5) is 23.3. The fourth-order valence-corrected chi connectivity index (χ4v) is 3.93. The van der Waals surface area contributed by atoms with Gasteiger partial charge in [0.05, 0.1) is 15.4 Å². The number of aromatic hydroxyl groups is 1. The molecule has 2 bridgehead atoms. The third-order valence-electron chi connectivity index (χ3n) is 4.84. The average Bonchev–Trinajstić information content (AvgIpc) is 3.05. The molecule has 0 aliphatic carbocycles. The largest absolute Gasteiger partial charge is 0.506 e. The van der Waals surface area contributed by atoms with Crippen LogP contribution in [0.4, 0.5) is 0 Å². The number of hydrogen-bond donors (Lipinski definition) is 4. The van der Waals surface area contributed by atoms with Gasteiger partial charge in [-0.2, -0.15) is 5.10 Å². The van der Waals surface area contributed by atoms with E-state index in [1.165, 1.54) is 0 Å². The molecule has 25 heavy (non-hydrogen) atoms. The number of halogens is 1. The molecule has 4 heterocycles. The number of aromatic nitrogens is 2. The monoisotopic (exact) mass is 410 g/mol. The molecule has 4 N–H and O–H groups in total. The summed E-state index contributed by atoms with van der Waals surface area (Å²) in [7, 11) is 0. The average molecular weight is 411 g/mol. The summed E-state index contributed by atoms with van der Waals surface area (Å²) in [5, 5.41) is 27.5. The molecule has 0 saturated carbocycles. The molecule has 3 saturated heterocycles. The van der Waals surface area contributed by atoms with Crippen LogP contribution in [0.3, 0.4) is 0 Å². The highest BCUT2D eigenvalue weighted by Gasteiger charge is 2.35. The number of H-pyrrole nitrogens is 1. The first-order valence-electron chi connectivity index (χ1n) is 8.01. The number of fused-ring (bicyclic) bond motifs is 4. The normalized spacial score (nSPS) is 24.4. The molecule has 2 aromatic rings. The third kappa shape index (κ3) is 3.47. The Kier molecular flexibility index (Phi) is 5.24. The molecule has 1 atom stereocenters. The Morgan fingerprint density at radius 3 is 2.68 bits per heavy atom. The van der Waals surface area contributed by atoms with Crippen molar-refractivity contribution in [2.45, 2.75) is 18.9 Å². The number of nitrogens with zero attached hydrogens (tertiary/aromatic N) is 2. The third-order valence-corrected chi connectivity index (χ3v) is 5.48. The second-order valence-electron chi connectivity index (χ2n) is 6.21. The van der Waals surface area contributed by atoms with Crippen molar-refractivity contribution in [2.75, 3.05) is 19.6 Å². The summed E-state index contributed by atoms with van der Waals surface area (Å²) in [6, 6.07) is 3.69. The Labute approximate surface area is 152 Å². The first kappa shape index (κ1) is 17.7. The lowest BCUT2D eigenvalue weighted by atomic mass is 9.84. The Morgan fingerprint density at radius 2 is 2.08 bits per heavy atom. The van der Waals surface area contributed by atoms with Crippen LogP contribution in [0, 0.1) is 5.92 Å². The van der Waals surface area contributed by atoms with Crippen molar-refractivity contribution < 1.29 is 19.8 Å². The number of hydrogen-bond acceptors (Lipinski definition) is 5. The highest BCUT2D eigenvalue weighted by molar-refractivity contribution is 9.10. The topological polar surface area (TPSA) is 119 Å². The molecule has 1 aromatic carbocycles. The summed E-state index contributed by atoms with van der Waals surface area (Å²) in [6.07, 6.45) is 2.28. The van der Waals surface area contributed by atoms with Crippen molar-refractivity contribution in [3.8, 4) is 5.75 Å². The molecule has 5 rings (SSSR count). The summed E-state index contributed by atoms with van der Waals surface area (Å²) >= 11 is 3.28. The first-order chi connectivity index (χ1) is 12.0. The summed E-state index contributed by atoms with van der Waals surface area (Å²) < 4.78 is 0.554. The maximum Gasteiger partial charge on any atom is 0.290 e. The van der Waals surface area contributed by atoms with Gasteiger partial charge in [-0.15, -0.1) is 0 Å². The number of phenolic OH excluding ortho intramolecular Hbond substituents is 1. The van der Waals surface area contributed by atoms with Crippen molar-refractivity contribution in [3.63, 3.8) is 0 Å². The zero-order valence-electron chi connectivity index (χ0n) is 13.4. The molecule has 9 heteroatoms. The number of aromatic amines is 1. The summed E-state index contributed by atoms with van der Waals surface area (Å²) in [5.74, 6) is 0.378. The van der Waals surface area contributed by atoms with Gasteiger partial charge in [0, 0.05) is 12.6 Å². The quantitative estimate of drug-likeness (QED) is 0.557. The molecule has 0 radical (unpaired) electrons. The van der Waals surface area contributed by atoms with Crippen LogP contribution in [0.2, 0.25) is 0 Å². The van der Waals surface area contributed by atoms with E-state index < -0.39 is 0 Å². The van der Waals surface area contributed by atoms with Crippen LogP contribution in [-0.2, 0) is 4.79 Å². The maximum absolute atomic E-state index is 12.6. The number of carboxylic acid groups (broad SMARTS) is 1. The highest BCUT2D eigenvalue weighted by atomic mass is 79.9. The Bertz CT molecular complexity index is 786. The first-order valence-corrected chi connectivity index (χ1v) is 8.81. The number of nitrogens with one attached hydrogen (secondary N) is 2. The predicted molar refractivity (Wildman–Crippen MR) is 94.6 cm³/mol. The minimum Gasteiger partial charge on any atom is -0.506 e. The van der Waals surface area contributed by atoms with Crippen LogP contribution >= 0.6 is 15.9 Å². The van der Waals surface area contributed by atoms with Gasteiger partial charge in [-0.25, -0.2) is 0 Å². The van der Waals surface area contributed by atoms with Gasteiger partial charge in [0.25, 0.3) is 12.4 Å². The van der Waals surface area contributed by atoms with E-state index in [0.29, 0.717) is 21.3 Å². The lowest BCUT2D eigenvalue weighted by Crippen LogP contribution is -2.57. The second kappa shape index (κ2) is 7.40. The summed E-state index contributed by atoms with van der Waals surface area (Å²) in [5.41, 5.74) is 0.907. The van der Waals surface area contributed by atoms with E-state index in [-0.39, 0.29) is 29.9 Å². The molecule has 1 aromatic heterocycles. The Balaban J connectivity index is 0.000000569. The number of rotatable bonds is 2. The minimum absolute atomic E-state index is 0.0466. The molecular weight excluding hydrogens is 392 g/mol. The SMILES string of the molecule is O=C(N[C@@H]1CN2CCC1CC2)c1n[nH]c2ccc(Br)c(O)c12.O=CO. The van der Waals surface area contributed by atoms with Crippen molar-refractivity contribution in [3.05, 3.63) is 22.3 Å². The molecule has 1 amide bonds.